The summed E-state index contributed by atoms with van der Waals surface area (Å²) in [7, 11) is 0. The molecule has 2 unspecified atom stereocenters. The summed E-state index contributed by atoms with van der Waals surface area (Å²) in [6, 6.07) is 0. The van der Waals surface area contributed by atoms with Crippen molar-refractivity contribution in [2.45, 2.75) is 39.2 Å². The quantitative estimate of drug-likeness (QED) is 0.527. The van der Waals surface area contributed by atoms with Gasteiger partial charge >= 0.3 is 0 Å². The van der Waals surface area contributed by atoms with Crippen LogP contribution < -0.4 is 0 Å². The lowest BCUT2D eigenvalue weighted by molar-refractivity contribution is 0.0577. The van der Waals surface area contributed by atoms with Gasteiger partial charge < -0.3 is 5.11 Å². The number of hydrogen-bond donors (Lipinski definition) is 1. The van der Waals surface area contributed by atoms with Crippen LogP contribution in [0.5, 0.6) is 0 Å². The minimum absolute atomic E-state index is 0.0197. The fraction of sp³-hybridized carbons (Fsp3) is 1.00. The van der Waals surface area contributed by atoms with Crippen molar-refractivity contribution < 1.29 is 5.11 Å². The maximum absolute atomic E-state index is 9.35. The Kier molecular flexibility index (Phi) is 2.12. The Balaban J connectivity index is 2.35. The molecule has 1 fully saturated rings. The van der Waals surface area contributed by atoms with E-state index in [9.17, 15) is 5.11 Å². The van der Waals surface area contributed by atoms with Crippen LogP contribution in [0.4, 0.5) is 0 Å². The van der Waals surface area contributed by atoms with Crippen molar-refractivity contribution in [2.24, 2.45) is 11.8 Å². The molecule has 0 saturated heterocycles. The monoisotopic (exact) mass is 128 g/mol. The van der Waals surface area contributed by atoms with Gasteiger partial charge in [0.25, 0.3) is 0 Å². The fourth-order valence-electron chi connectivity index (χ4n) is 1.50. The molecule has 0 amide bonds. The highest BCUT2D eigenvalue weighted by molar-refractivity contribution is 4.74. The second kappa shape index (κ2) is 2.70. The Hall–Kier alpha value is -0.0400. The Morgan fingerprint density at radius 2 is 1.89 bits per heavy atom. The van der Waals surface area contributed by atoms with Crippen LogP contribution in [0.25, 0.3) is 0 Å². The van der Waals surface area contributed by atoms with Gasteiger partial charge in [-0.05, 0) is 24.7 Å². The molecule has 3 atom stereocenters. The third kappa shape index (κ3) is 1.68. The maximum atomic E-state index is 9.35. The molecule has 0 aromatic carbocycles. The Labute approximate surface area is 57.1 Å². The van der Waals surface area contributed by atoms with Gasteiger partial charge in [0.1, 0.15) is 0 Å². The van der Waals surface area contributed by atoms with Gasteiger partial charge in [-0.2, -0.15) is 0 Å². The summed E-state index contributed by atoms with van der Waals surface area (Å²) in [4.78, 5) is 0. The second-order valence-electron chi connectivity index (χ2n) is 3.46. The Morgan fingerprint density at radius 3 is 2.33 bits per heavy atom. The van der Waals surface area contributed by atoms with Crippen molar-refractivity contribution in [3.05, 3.63) is 0 Å². The van der Waals surface area contributed by atoms with Crippen LogP contribution in [0.15, 0.2) is 0 Å². The molecule has 0 bridgehead atoms. The Bertz CT molecular complexity index is 90.6. The molecule has 0 radical (unpaired) electrons. The van der Waals surface area contributed by atoms with Crippen LogP contribution in [0.2, 0.25) is 0 Å². The molecule has 1 nitrogen and oxygen atoms in total. The van der Waals surface area contributed by atoms with Crippen molar-refractivity contribution >= 4 is 0 Å². The first-order valence-corrected chi connectivity index (χ1v) is 3.88. The average molecular weight is 128 g/mol. The minimum Gasteiger partial charge on any atom is -0.393 e. The van der Waals surface area contributed by atoms with Crippen LogP contribution in [0.1, 0.15) is 33.1 Å². The molecule has 1 aliphatic rings. The van der Waals surface area contributed by atoms with Gasteiger partial charge in [-0.1, -0.05) is 20.3 Å². The van der Waals surface area contributed by atoms with E-state index in [1.807, 2.05) is 0 Å². The number of aliphatic hydroxyl groups excluding tert-OH is 1. The van der Waals surface area contributed by atoms with Crippen LogP contribution in [-0.4, -0.2) is 11.2 Å². The molecule has 1 N–H and O–H groups in total. The zero-order chi connectivity index (χ0) is 6.85. The summed E-state index contributed by atoms with van der Waals surface area (Å²) in [5, 5.41) is 9.35. The lowest BCUT2D eigenvalue weighted by atomic mass is 9.82. The third-order valence-electron chi connectivity index (χ3n) is 2.42. The molecule has 0 spiro atoms. The van der Waals surface area contributed by atoms with Gasteiger partial charge in [0.15, 0.2) is 0 Å². The summed E-state index contributed by atoms with van der Waals surface area (Å²) >= 11 is 0. The highest BCUT2D eigenvalue weighted by Crippen LogP contribution is 2.27. The standard InChI is InChI=1S/C8H16O/c1-6-3-4-7(2)8(9)5-6/h6-9H,3-5H2,1-2H3/t6-,7?,8?/m0/s1. The number of rotatable bonds is 0. The summed E-state index contributed by atoms with van der Waals surface area (Å²) in [5.74, 6) is 1.29. The molecule has 0 aliphatic heterocycles. The van der Waals surface area contributed by atoms with Gasteiger partial charge in [-0.15, -0.1) is 0 Å². The number of aliphatic hydroxyl groups is 1. The molecule has 54 valence electrons. The summed E-state index contributed by atoms with van der Waals surface area (Å²) in [6.45, 7) is 4.35. The Morgan fingerprint density at radius 1 is 1.22 bits per heavy atom. The molecule has 1 aliphatic carbocycles. The van der Waals surface area contributed by atoms with E-state index >= 15 is 0 Å². The first-order valence-electron chi connectivity index (χ1n) is 3.88. The van der Waals surface area contributed by atoms with Crippen molar-refractivity contribution in [2.75, 3.05) is 0 Å². The SMILES string of the molecule is CC1CC[C@H](C)CC1O. The first kappa shape index (κ1) is 7.07. The molecule has 1 saturated carbocycles. The lowest BCUT2D eigenvalue weighted by Gasteiger charge is -2.28. The highest BCUT2D eigenvalue weighted by Gasteiger charge is 2.22. The second-order valence-corrected chi connectivity index (χ2v) is 3.46. The summed E-state index contributed by atoms with van der Waals surface area (Å²) in [5.41, 5.74) is 0. The normalized spacial score (nSPS) is 45.0. The van der Waals surface area contributed by atoms with E-state index in [1.54, 1.807) is 0 Å². The molecule has 0 aromatic rings. The van der Waals surface area contributed by atoms with Gasteiger partial charge in [-0.25, -0.2) is 0 Å². The summed E-state index contributed by atoms with van der Waals surface area (Å²) in [6.07, 6.45) is 3.51. The summed E-state index contributed by atoms with van der Waals surface area (Å²) < 4.78 is 0. The zero-order valence-electron chi connectivity index (χ0n) is 6.30. The van der Waals surface area contributed by atoms with E-state index in [-0.39, 0.29) is 6.10 Å². The van der Waals surface area contributed by atoms with Crippen molar-refractivity contribution in [3.63, 3.8) is 0 Å². The highest BCUT2D eigenvalue weighted by atomic mass is 16.3. The average Bonchev–Trinajstić information content (AvgIpc) is 1.80. The topological polar surface area (TPSA) is 20.2 Å². The molecular formula is C8H16O. The van der Waals surface area contributed by atoms with Crippen molar-refractivity contribution in [1.29, 1.82) is 0 Å². The van der Waals surface area contributed by atoms with Crippen LogP contribution >= 0.6 is 0 Å². The smallest absolute Gasteiger partial charge is 0.0568 e. The van der Waals surface area contributed by atoms with E-state index in [2.05, 4.69) is 13.8 Å². The lowest BCUT2D eigenvalue weighted by Crippen LogP contribution is -2.25. The van der Waals surface area contributed by atoms with Gasteiger partial charge in [0, 0.05) is 0 Å². The number of hydrogen-bond acceptors (Lipinski definition) is 1. The van der Waals surface area contributed by atoms with Crippen molar-refractivity contribution in [3.8, 4) is 0 Å². The van der Waals surface area contributed by atoms with Gasteiger partial charge in [0.05, 0.1) is 6.10 Å². The molecule has 1 rings (SSSR count). The van der Waals surface area contributed by atoms with E-state index in [1.165, 1.54) is 12.8 Å². The van der Waals surface area contributed by atoms with Crippen LogP contribution in [0, 0.1) is 11.8 Å². The van der Waals surface area contributed by atoms with E-state index in [0.29, 0.717) is 5.92 Å². The molecule has 9 heavy (non-hydrogen) atoms. The van der Waals surface area contributed by atoms with Crippen LogP contribution in [0.3, 0.4) is 0 Å². The van der Waals surface area contributed by atoms with Crippen LogP contribution in [-0.2, 0) is 0 Å². The molecule has 1 heteroatoms. The molecule has 0 aromatic heterocycles. The van der Waals surface area contributed by atoms with Gasteiger partial charge in [0.2, 0.25) is 0 Å². The molecular weight excluding hydrogens is 112 g/mol. The van der Waals surface area contributed by atoms with Gasteiger partial charge in [-0.3, -0.25) is 0 Å². The first-order chi connectivity index (χ1) is 4.20. The largest absolute Gasteiger partial charge is 0.393 e. The zero-order valence-corrected chi connectivity index (χ0v) is 6.30. The fourth-order valence-corrected chi connectivity index (χ4v) is 1.50. The maximum Gasteiger partial charge on any atom is 0.0568 e. The third-order valence-corrected chi connectivity index (χ3v) is 2.42. The predicted molar refractivity (Wildman–Crippen MR) is 38.2 cm³/mol. The van der Waals surface area contributed by atoms with Crippen molar-refractivity contribution in [1.82, 2.24) is 0 Å². The molecule has 0 heterocycles. The van der Waals surface area contributed by atoms with E-state index in [0.717, 1.165) is 12.3 Å². The van der Waals surface area contributed by atoms with E-state index in [4.69, 9.17) is 0 Å². The predicted octanol–water partition coefficient (Wildman–Crippen LogP) is 1.80. The van der Waals surface area contributed by atoms with E-state index < -0.39 is 0 Å². The minimum atomic E-state index is -0.0197.